The summed E-state index contributed by atoms with van der Waals surface area (Å²) in [4.78, 5) is 11.7. The van der Waals surface area contributed by atoms with Crippen LogP contribution in [0.4, 0.5) is 4.39 Å². The Hall–Kier alpha value is -2.15. The molecule has 0 unspecified atom stereocenters. The molecule has 0 radical (unpaired) electrons. The first kappa shape index (κ1) is 17.2. The molecule has 1 heterocycles. The number of aryl methyl sites for hydroxylation is 1. The Morgan fingerprint density at radius 1 is 1.39 bits per heavy atom. The largest absolute Gasteiger partial charge is 0.492 e. The second-order valence-corrected chi connectivity index (χ2v) is 6.31. The normalized spacial score (nSPS) is 11.4. The number of ether oxygens (including phenoxy) is 1. The minimum atomic E-state index is -0.267. The maximum absolute atomic E-state index is 12.8. The van der Waals surface area contributed by atoms with E-state index in [9.17, 15) is 4.39 Å². The smallest absolute Gasteiger partial charge is 0.193 e. The van der Waals surface area contributed by atoms with Crippen LogP contribution in [-0.2, 0) is 6.54 Å². The van der Waals surface area contributed by atoms with Gasteiger partial charge in [0.2, 0.25) is 0 Å². The van der Waals surface area contributed by atoms with Gasteiger partial charge < -0.3 is 15.0 Å². The molecule has 23 heavy (non-hydrogen) atoms. The highest BCUT2D eigenvalue weighted by Crippen LogP contribution is 2.11. The van der Waals surface area contributed by atoms with Gasteiger partial charge in [0.15, 0.2) is 5.96 Å². The highest BCUT2D eigenvalue weighted by atomic mass is 32.1. The predicted molar refractivity (Wildman–Crippen MR) is 91.6 cm³/mol. The van der Waals surface area contributed by atoms with Crippen LogP contribution in [0.1, 0.15) is 9.88 Å². The third-order valence-electron chi connectivity index (χ3n) is 3.15. The van der Waals surface area contributed by atoms with Crippen molar-refractivity contribution in [2.24, 2.45) is 4.99 Å². The highest BCUT2D eigenvalue weighted by molar-refractivity contribution is 7.11. The van der Waals surface area contributed by atoms with Gasteiger partial charge >= 0.3 is 0 Å². The van der Waals surface area contributed by atoms with Gasteiger partial charge in [0.05, 0.1) is 13.1 Å². The van der Waals surface area contributed by atoms with Gasteiger partial charge in [-0.25, -0.2) is 9.37 Å². The molecule has 0 saturated heterocycles. The lowest BCUT2D eigenvalue weighted by atomic mass is 10.3. The topological polar surface area (TPSA) is 49.8 Å². The van der Waals surface area contributed by atoms with Crippen LogP contribution in [0.2, 0.25) is 0 Å². The summed E-state index contributed by atoms with van der Waals surface area (Å²) in [6.07, 6.45) is 1.87. The molecule has 1 N–H and O–H groups in total. The van der Waals surface area contributed by atoms with Gasteiger partial charge in [-0.3, -0.25) is 4.99 Å². The Balaban J connectivity index is 1.76. The molecule has 0 amide bonds. The summed E-state index contributed by atoms with van der Waals surface area (Å²) in [5.41, 5.74) is 0. The number of thiazole rings is 1. The molecule has 124 valence electrons. The summed E-state index contributed by atoms with van der Waals surface area (Å²) in [7, 11) is 3.68. The fourth-order valence-electron chi connectivity index (χ4n) is 1.96. The summed E-state index contributed by atoms with van der Waals surface area (Å²) < 4.78 is 18.4. The first-order valence-electron chi connectivity index (χ1n) is 7.30. The molecule has 0 fully saturated rings. The standard InChI is InChI=1S/C16H21FN4OS/c1-12-10-19-15(23-12)11-20-16(18-2)21(3)8-9-22-14-6-4-13(17)5-7-14/h4-7,10H,8-9,11H2,1-3H3,(H,18,20). The fraction of sp³-hybridized carbons (Fsp3) is 0.375. The molecule has 0 aliphatic rings. The zero-order valence-electron chi connectivity index (χ0n) is 13.5. The number of halogens is 1. The summed E-state index contributed by atoms with van der Waals surface area (Å²) >= 11 is 1.67. The third-order valence-corrected chi connectivity index (χ3v) is 4.06. The second-order valence-electron chi connectivity index (χ2n) is 4.99. The van der Waals surface area contributed by atoms with E-state index in [0.29, 0.717) is 25.4 Å². The lowest BCUT2D eigenvalue weighted by molar-refractivity contribution is 0.281. The van der Waals surface area contributed by atoms with E-state index >= 15 is 0 Å². The van der Waals surface area contributed by atoms with E-state index in [2.05, 4.69) is 15.3 Å². The number of aliphatic imine (C=N–C) groups is 1. The van der Waals surface area contributed by atoms with Crippen LogP contribution in [-0.4, -0.2) is 43.1 Å². The molecule has 0 atom stereocenters. The van der Waals surface area contributed by atoms with Gasteiger partial charge in [-0.15, -0.1) is 11.3 Å². The van der Waals surface area contributed by atoms with Crippen LogP contribution in [0, 0.1) is 12.7 Å². The van der Waals surface area contributed by atoms with Gasteiger partial charge in [0.1, 0.15) is 23.2 Å². The lowest BCUT2D eigenvalue weighted by Crippen LogP contribution is -2.40. The van der Waals surface area contributed by atoms with Crippen molar-refractivity contribution in [1.29, 1.82) is 0 Å². The number of likely N-dealkylation sites (N-methyl/N-ethyl adjacent to an activating group) is 1. The highest BCUT2D eigenvalue weighted by Gasteiger charge is 2.07. The average Bonchev–Trinajstić information content (AvgIpc) is 2.95. The third kappa shape index (κ3) is 5.52. The zero-order chi connectivity index (χ0) is 16.7. The molecule has 0 saturated carbocycles. The number of guanidine groups is 1. The molecule has 2 aromatic rings. The first-order valence-corrected chi connectivity index (χ1v) is 8.11. The Morgan fingerprint density at radius 3 is 2.74 bits per heavy atom. The van der Waals surface area contributed by atoms with E-state index in [-0.39, 0.29) is 5.82 Å². The van der Waals surface area contributed by atoms with Gasteiger partial charge in [-0.2, -0.15) is 0 Å². The lowest BCUT2D eigenvalue weighted by Gasteiger charge is -2.21. The number of hydrogen-bond acceptors (Lipinski definition) is 4. The van der Waals surface area contributed by atoms with E-state index in [1.807, 2.05) is 25.1 Å². The SMILES string of the molecule is CN=C(NCc1ncc(C)s1)N(C)CCOc1ccc(F)cc1. The van der Waals surface area contributed by atoms with E-state index in [4.69, 9.17) is 4.74 Å². The maximum Gasteiger partial charge on any atom is 0.193 e. The van der Waals surface area contributed by atoms with Crippen LogP contribution in [0.25, 0.3) is 0 Å². The van der Waals surface area contributed by atoms with Gasteiger partial charge in [-0.1, -0.05) is 0 Å². The summed E-state index contributed by atoms with van der Waals surface area (Å²) in [6, 6.07) is 6.01. The molecule has 0 aliphatic heterocycles. The minimum absolute atomic E-state index is 0.267. The number of nitrogens with one attached hydrogen (secondary N) is 1. The summed E-state index contributed by atoms with van der Waals surface area (Å²) in [5.74, 6) is 1.16. The van der Waals surface area contributed by atoms with Gasteiger partial charge in [-0.05, 0) is 31.2 Å². The number of hydrogen-bond donors (Lipinski definition) is 1. The van der Waals surface area contributed by atoms with Crippen LogP contribution in [0.3, 0.4) is 0 Å². The molecule has 1 aromatic carbocycles. The van der Waals surface area contributed by atoms with E-state index < -0.39 is 0 Å². The maximum atomic E-state index is 12.8. The minimum Gasteiger partial charge on any atom is -0.492 e. The Bertz CT molecular complexity index is 642. The molecule has 0 spiro atoms. The number of rotatable bonds is 6. The van der Waals surface area contributed by atoms with Crippen molar-refractivity contribution >= 4 is 17.3 Å². The number of benzene rings is 1. The fourth-order valence-corrected chi connectivity index (χ4v) is 2.69. The zero-order valence-corrected chi connectivity index (χ0v) is 14.4. The molecular weight excluding hydrogens is 315 g/mol. The molecule has 0 bridgehead atoms. The van der Waals surface area contributed by atoms with Crippen LogP contribution in [0.5, 0.6) is 5.75 Å². The van der Waals surface area contributed by atoms with Crippen molar-refractivity contribution in [2.75, 3.05) is 27.2 Å². The first-order chi connectivity index (χ1) is 11.1. The van der Waals surface area contributed by atoms with E-state index in [1.165, 1.54) is 17.0 Å². The molecule has 7 heteroatoms. The average molecular weight is 336 g/mol. The van der Waals surface area contributed by atoms with Crippen molar-refractivity contribution in [3.05, 3.63) is 46.2 Å². The Kier molecular flexibility index (Phi) is 6.34. The van der Waals surface area contributed by atoms with Crippen LogP contribution >= 0.6 is 11.3 Å². The van der Waals surface area contributed by atoms with Crippen molar-refractivity contribution in [2.45, 2.75) is 13.5 Å². The molecular formula is C16H21FN4OS. The number of nitrogens with zero attached hydrogens (tertiary/aromatic N) is 3. The second kappa shape index (κ2) is 8.47. The van der Waals surface area contributed by atoms with Crippen molar-refractivity contribution in [3.63, 3.8) is 0 Å². The number of aromatic nitrogens is 1. The van der Waals surface area contributed by atoms with Crippen molar-refractivity contribution in [1.82, 2.24) is 15.2 Å². The Labute approximate surface area is 139 Å². The van der Waals surface area contributed by atoms with Crippen LogP contribution < -0.4 is 10.1 Å². The summed E-state index contributed by atoms with van der Waals surface area (Å²) in [5, 5.41) is 4.30. The van der Waals surface area contributed by atoms with Crippen molar-refractivity contribution in [3.8, 4) is 5.75 Å². The molecule has 1 aromatic heterocycles. The predicted octanol–water partition coefficient (Wildman–Crippen LogP) is 2.68. The van der Waals surface area contributed by atoms with Gasteiger partial charge in [0, 0.05) is 25.2 Å². The van der Waals surface area contributed by atoms with E-state index in [0.717, 1.165) is 11.0 Å². The monoisotopic (exact) mass is 336 g/mol. The Morgan fingerprint density at radius 2 is 2.13 bits per heavy atom. The molecule has 5 nitrogen and oxygen atoms in total. The van der Waals surface area contributed by atoms with Crippen LogP contribution in [0.15, 0.2) is 35.5 Å². The summed E-state index contributed by atoms with van der Waals surface area (Å²) in [6.45, 7) is 3.83. The van der Waals surface area contributed by atoms with Crippen molar-refractivity contribution < 1.29 is 9.13 Å². The quantitative estimate of drug-likeness (QED) is 0.651. The van der Waals surface area contributed by atoms with Gasteiger partial charge in [0.25, 0.3) is 0 Å². The van der Waals surface area contributed by atoms with E-state index in [1.54, 1.807) is 30.5 Å². The molecule has 0 aliphatic carbocycles. The molecule has 2 rings (SSSR count).